The number of aromatic nitrogens is 4. The van der Waals surface area contributed by atoms with Crippen molar-refractivity contribution >= 4 is 28.9 Å². The van der Waals surface area contributed by atoms with Gasteiger partial charge in [-0.3, -0.25) is 19.4 Å². The van der Waals surface area contributed by atoms with Crippen LogP contribution in [0.1, 0.15) is 33.1 Å². The summed E-state index contributed by atoms with van der Waals surface area (Å²) in [6.45, 7) is 4.35. The normalized spacial score (nSPS) is 19.3. The topological polar surface area (TPSA) is 97.1 Å². The lowest BCUT2D eigenvalue weighted by Crippen LogP contribution is -2.48. The van der Waals surface area contributed by atoms with Crippen molar-refractivity contribution < 1.29 is 9.59 Å². The molecule has 0 saturated carbocycles. The number of hydrogen-bond donors (Lipinski definition) is 2. The fourth-order valence-electron chi connectivity index (χ4n) is 4.01. The molecule has 1 aromatic carbocycles. The number of hydrazine groups is 1. The standard InChI is InChI=1S/C20H25N7O2/c1-14-6-5-7-15(2)27(14)18(28)12-26-17-9-4-3-8-16(17)22-19(26)23-24-20(29)25-11-10-21-13-25/h3-4,8-11,13-15H,5-7,12H2,1-2H3,(H,22,23)(H,24,29)/t14-,15-/m0/s1. The number of piperidine rings is 1. The van der Waals surface area contributed by atoms with E-state index in [1.807, 2.05) is 29.2 Å². The smallest absolute Gasteiger partial charge is 0.336 e. The second-order valence-electron chi connectivity index (χ2n) is 7.47. The van der Waals surface area contributed by atoms with Crippen molar-refractivity contribution in [1.29, 1.82) is 0 Å². The number of likely N-dealkylation sites (tertiary alicyclic amines) is 1. The van der Waals surface area contributed by atoms with Crippen LogP contribution in [0.2, 0.25) is 0 Å². The molecule has 1 saturated heterocycles. The molecule has 0 bridgehead atoms. The monoisotopic (exact) mass is 395 g/mol. The molecule has 0 aliphatic carbocycles. The Morgan fingerprint density at radius 1 is 1.17 bits per heavy atom. The van der Waals surface area contributed by atoms with Crippen LogP contribution in [0.5, 0.6) is 0 Å². The number of hydrogen-bond acceptors (Lipinski definition) is 5. The van der Waals surface area contributed by atoms with Gasteiger partial charge < -0.3 is 4.90 Å². The zero-order chi connectivity index (χ0) is 20.4. The summed E-state index contributed by atoms with van der Waals surface area (Å²) >= 11 is 0. The van der Waals surface area contributed by atoms with E-state index >= 15 is 0 Å². The summed E-state index contributed by atoms with van der Waals surface area (Å²) < 4.78 is 3.11. The summed E-state index contributed by atoms with van der Waals surface area (Å²) in [6, 6.07) is 7.64. The third-order valence-corrected chi connectivity index (χ3v) is 5.45. The van der Waals surface area contributed by atoms with Crippen LogP contribution in [-0.4, -0.2) is 48.0 Å². The molecule has 2 N–H and O–H groups in total. The molecule has 0 spiro atoms. The molecule has 0 radical (unpaired) electrons. The SMILES string of the molecule is C[C@H]1CCC[C@H](C)N1C(=O)Cn1c(NNC(=O)n2ccnc2)nc2ccccc21. The van der Waals surface area contributed by atoms with Crippen LogP contribution in [0.3, 0.4) is 0 Å². The van der Waals surface area contributed by atoms with E-state index in [1.165, 1.54) is 17.1 Å². The molecule has 2 atom stereocenters. The van der Waals surface area contributed by atoms with Crippen molar-refractivity contribution in [3.05, 3.63) is 43.0 Å². The Labute approximate surface area is 168 Å². The zero-order valence-corrected chi connectivity index (χ0v) is 16.6. The van der Waals surface area contributed by atoms with Gasteiger partial charge in [0.25, 0.3) is 0 Å². The first kappa shape index (κ1) is 19.0. The van der Waals surface area contributed by atoms with Crippen LogP contribution in [0.15, 0.2) is 43.0 Å². The molecular weight excluding hydrogens is 370 g/mol. The molecule has 152 valence electrons. The molecule has 3 aromatic rings. The van der Waals surface area contributed by atoms with Crippen molar-refractivity contribution in [2.24, 2.45) is 0 Å². The number of fused-ring (bicyclic) bond motifs is 1. The largest absolute Gasteiger partial charge is 0.345 e. The van der Waals surface area contributed by atoms with E-state index in [0.717, 1.165) is 30.3 Å². The highest BCUT2D eigenvalue weighted by atomic mass is 16.2. The van der Waals surface area contributed by atoms with Gasteiger partial charge in [0.05, 0.1) is 11.0 Å². The van der Waals surface area contributed by atoms with Crippen molar-refractivity contribution in [3.63, 3.8) is 0 Å². The maximum absolute atomic E-state index is 13.2. The third-order valence-electron chi connectivity index (χ3n) is 5.45. The van der Waals surface area contributed by atoms with Crippen LogP contribution < -0.4 is 10.9 Å². The Hall–Kier alpha value is -3.36. The minimum Gasteiger partial charge on any atom is -0.336 e. The average Bonchev–Trinajstić information content (AvgIpc) is 3.35. The van der Waals surface area contributed by atoms with E-state index in [4.69, 9.17) is 0 Å². The fraction of sp³-hybridized carbons (Fsp3) is 0.400. The minimum atomic E-state index is -0.397. The Bertz CT molecular complexity index is 1000. The second-order valence-corrected chi connectivity index (χ2v) is 7.47. The number of nitrogens with zero attached hydrogens (tertiary/aromatic N) is 5. The summed E-state index contributed by atoms with van der Waals surface area (Å²) in [5, 5.41) is 0. The molecular formula is C20H25N7O2. The number of anilines is 1. The number of para-hydroxylation sites is 2. The van der Waals surface area contributed by atoms with Gasteiger partial charge in [-0.25, -0.2) is 20.2 Å². The highest BCUT2D eigenvalue weighted by molar-refractivity contribution is 5.84. The summed E-state index contributed by atoms with van der Waals surface area (Å²) in [5.74, 6) is 0.460. The molecule has 3 heterocycles. The van der Waals surface area contributed by atoms with Crippen molar-refractivity contribution in [2.45, 2.75) is 51.7 Å². The summed E-state index contributed by atoms with van der Waals surface area (Å²) in [6.07, 6.45) is 7.66. The van der Waals surface area contributed by atoms with Gasteiger partial charge in [0, 0.05) is 24.5 Å². The fourth-order valence-corrected chi connectivity index (χ4v) is 4.01. The van der Waals surface area contributed by atoms with E-state index in [1.54, 1.807) is 10.8 Å². The second kappa shape index (κ2) is 7.94. The van der Waals surface area contributed by atoms with Gasteiger partial charge in [-0.1, -0.05) is 12.1 Å². The highest BCUT2D eigenvalue weighted by Crippen LogP contribution is 2.25. The number of nitrogens with one attached hydrogen (secondary N) is 2. The lowest BCUT2D eigenvalue weighted by atomic mass is 9.97. The maximum atomic E-state index is 13.2. The van der Waals surface area contributed by atoms with Gasteiger partial charge >= 0.3 is 6.03 Å². The molecule has 4 rings (SSSR count). The Morgan fingerprint density at radius 3 is 2.66 bits per heavy atom. The summed E-state index contributed by atoms with van der Waals surface area (Å²) in [5.41, 5.74) is 7.03. The lowest BCUT2D eigenvalue weighted by molar-refractivity contribution is -0.137. The van der Waals surface area contributed by atoms with E-state index in [0.29, 0.717) is 5.95 Å². The van der Waals surface area contributed by atoms with Gasteiger partial charge in [0.2, 0.25) is 11.9 Å². The van der Waals surface area contributed by atoms with Gasteiger partial charge in [-0.15, -0.1) is 0 Å². The number of carbonyl (C=O) groups is 2. The van der Waals surface area contributed by atoms with Crippen LogP contribution in [0.25, 0.3) is 11.0 Å². The molecule has 9 heteroatoms. The lowest BCUT2D eigenvalue weighted by Gasteiger charge is -2.39. The first-order valence-electron chi connectivity index (χ1n) is 9.85. The first-order chi connectivity index (χ1) is 14.0. The Morgan fingerprint density at radius 2 is 1.93 bits per heavy atom. The number of amides is 2. The van der Waals surface area contributed by atoms with E-state index in [9.17, 15) is 9.59 Å². The third kappa shape index (κ3) is 3.80. The summed E-state index contributed by atoms with van der Waals surface area (Å²) in [7, 11) is 0. The quantitative estimate of drug-likeness (QED) is 0.662. The Balaban J connectivity index is 1.58. The molecule has 9 nitrogen and oxygen atoms in total. The van der Waals surface area contributed by atoms with E-state index in [2.05, 4.69) is 34.7 Å². The predicted octanol–water partition coefficient (Wildman–Crippen LogP) is 2.61. The van der Waals surface area contributed by atoms with Gasteiger partial charge in [0.15, 0.2) is 0 Å². The van der Waals surface area contributed by atoms with Crippen LogP contribution >= 0.6 is 0 Å². The first-order valence-corrected chi connectivity index (χ1v) is 9.85. The molecule has 2 aromatic heterocycles. The predicted molar refractivity (Wildman–Crippen MR) is 109 cm³/mol. The van der Waals surface area contributed by atoms with Crippen molar-refractivity contribution in [2.75, 3.05) is 5.43 Å². The van der Waals surface area contributed by atoms with Crippen molar-refractivity contribution in [3.8, 4) is 0 Å². The summed E-state index contributed by atoms with van der Waals surface area (Å²) in [4.78, 5) is 35.7. The molecule has 2 amide bonds. The van der Waals surface area contributed by atoms with Gasteiger partial charge in [-0.05, 0) is 45.2 Å². The van der Waals surface area contributed by atoms with Gasteiger partial charge in [0.1, 0.15) is 12.9 Å². The molecule has 0 unspecified atom stereocenters. The minimum absolute atomic E-state index is 0.0526. The van der Waals surface area contributed by atoms with Crippen LogP contribution in [0, 0.1) is 0 Å². The van der Waals surface area contributed by atoms with Crippen LogP contribution in [0.4, 0.5) is 10.7 Å². The average molecular weight is 395 g/mol. The van der Waals surface area contributed by atoms with E-state index in [-0.39, 0.29) is 24.5 Å². The number of carbonyl (C=O) groups excluding carboxylic acids is 2. The van der Waals surface area contributed by atoms with Gasteiger partial charge in [-0.2, -0.15) is 0 Å². The highest BCUT2D eigenvalue weighted by Gasteiger charge is 2.29. The zero-order valence-electron chi connectivity index (χ0n) is 16.6. The molecule has 1 fully saturated rings. The molecule has 1 aliphatic rings. The van der Waals surface area contributed by atoms with Crippen molar-refractivity contribution in [1.82, 2.24) is 29.4 Å². The molecule has 1 aliphatic heterocycles. The Kier molecular flexibility index (Phi) is 5.20. The van der Waals surface area contributed by atoms with Crippen LogP contribution in [-0.2, 0) is 11.3 Å². The maximum Gasteiger partial charge on any atom is 0.345 e. The number of imidazole rings is 2. The number of benzene rings is 1. The molecule has 29 heavy (non-hydrogen) atoms. The van der Waals surface area contributed by atoms with E-state index < -0.39 is 6.03 Å². The number of rotatable bonds is 4.